The fourth-order valence-corrected chi connectivity index (χ4v) is 2.70. The van der Waals surface area contributed by atoms with Gasteiger partial charge < -0.3 is 15.0 Å². The van der Waals surface area contributed by atoms with E-state index in [0.717, 1.165) is 30.1 Å². The van der Waals surface area contributed by atoms with Gasteiger partial charge in [-0.2, -0.15) is 0 Å². The van der Waals surface area contributed by atoms with Gasteiger partial charge in [-0.15, -0.1) is 0 Å². The quantitative estimate of drug-likeness (QED) is 0.922. The number of aromatic nitrogens is 1. The van der Waals surface area contributed by atoms with E-state index in [2.05, 4.69) is 15.2 Å². The molecule has 23 heavy (non-hydrogen) atoms. The Morgan fingerprint density at radius 2 is 1.91 bits per heavy atom. The van der Waals surface area contributed by atoms with Crippen molar-refractivity contribution >= 4 is 11.6 Å². The van der Waals surface area contributed by atoms with E-state index in [0.29, 0.717) is 12.2 Å². The number of hydrogen-bond acceptors (Lipinski definition) is 4. The fraction of sp³-hybridized carbons (Fsp3) is 0.333. The molecule has 0 saturated carbocycles. The molecule has 5 heteroatoms. The number of methoxy groups -OCH3 is 1. The lowest BCUT2D eigenvalue weighted by atomic mass is 10.2. The van der Waals surface area contributed by atoms with Crippen LogP contribution in [0, 0.1) is 0 Å². The van der Waals surface area contributed by atoms with Gasteiger partial charge in [-0.25, -0.2) is 4.98 Å². The first-order valence-electron chi connectivity index (χ1n) is 7.88. The van der Waals surface area contributed by atoms with Gasteiger partial charge in [-0.05, 0) is 42.7 Å². The molecule has 1 fully saturated rings. The van der Waals surface area contributed by atoms with Crippen molar-refractivity contribution < 1.29 is 9.53 Å². The molecule has 5 nitrogen and oxygen atoms in total. The molecule has 1 aliphatic heterocycles. The summed E-state index contributed by atoms with van der Waals surface area (Å²) in [7, 11) is 1.63. The third-order valence-electron chi connectivity index (χ3n) is 4.06. The summed E-state index contributed by atoms with van der Waals surface area (Å²) in [5, 5.41) is 2.89. The molecule has 0 aliphatic carbocycles. The smallest absolute Gasteiger partial charge is 0.270 e. The maximum Gasteiger partial charge on any atom is 0.270 e. The first kappa shape index (κ1) is 15.3. The van der Waals surface area contributed by atoms with Gasteiger partial charge in [0.2, 0.25) is 0 Å². The maximum absolute atomic E-state index is 12.2. The zero-order chi connectivity index (χ0) is 16.1. The topological polar surface area (TPSA) is 54.5 Å². The second-order valence-electron chi connectivity index (χ2n) is 5.63. The Morgan fingerprint density at radius 1 is 1.17 bits per heavy atom. The van der Waals surface area contributed by atoms with Gasteiger partial charge in [-0.1, -0.05) is 12.1 Å². The Hall–Kier alpha value is -2.56. The Balaban J connectivity index is 1.56. The average Bonchev–Trinajstić information content (AvgIpc) is 3.15. The molecule has 1 aromatic carbocycles. The SMILES string of the molecule is COc1ccc(CNC(=O)c2ccc(N3CCCC3)cn2)cc1. The fourth-order valence-electron chi connectivity index (χ4n) is 2.70. The number of nitrogens with one attached hydrogen (secondary N) is 1. The van der Waals surface area contributed by atoms with Crippen molar-refractivity contribution in [2.45, 2.75) is 19.4 Å². The van der Waals surface area contributed by atoms with E-state index in [1.54, 1.807) is 19.4 Å². The van der Waals surface area contributed by atoms with Crippen LogP contribution in [0.1, 0.15) is 28.9 Å². The Bertz CT molecular complexity index is 647. The number of anilines is 1. The van der Waals surface area contributed by atoms with Crippen molar-refractivity contribution in [3.05, 3.63) is 53.9 Å². The highest BCUT2D eigenvalue weighted by molar-refractivity contribution is 5.92. The van der Waals surface area contributed by atoms with Gasteiger partial charge in [0.25, 0.3) is 5.91 Å². The molecule has 3 rings (SSSR count). The largest absolute Gasteiger partial charge is 0.497 e. The summed E-state index contributed by atoms with van der Waals surface area (Å²) in [5.41, 5.74) is 2.56. The highest BCUT2D eigenvalue weighted by Crippen LogP contribution is 2.19. The normalized spacial score (nSPS) is 13.9. The number of benzene rings is 1. The van der Waals surface area contributed by atoms with Crippen LogP contribution in [0.15, 0.2) is 42.6 Å². The van der Waals surface area contributed by atoms with Crippen molar-refractivity contribution in [2.24, 2.45) is 0 Å². The summed E-state index contributed by atoms with van der Waals surface area (Å²) in [6.07, 6.45) is 4.24. The van der Waals surface area contributed by atoms with Crippen LogP contribution in [0.3, 0.4) is 0 Å². The highest BCUT2D eigenvalue weighted by Gasteiger charge is 2.13. The number of hydrogen-bond donors (Lipinski definition) is 1. The van der Waals surface area contributed by atoms with E-state index >= 15 is 0 Å². The summed E-state index contributed by atoms with van der Waals surface area (Å²) in [6.45, 7) is 2.62. The third kappa shape index (κ3) is 3.80. The molecule has 1 aromatic heterocycles. The monoisotopic (exact) mass is 311 g/mol. The van der Waals surface area contributed by atoms with Gasteiger partial charge >= 0.3 is 0 Å². The first-order chi connectivity index (χ1) is 11.3. The van der Waals surface area contributed by atoms with Crippen molar-refractivity contribution in [3.63, 3.8) is 0 Å². The number of carbonyl (C=O) groups is 1. The van der Waals surface area contributed by atoms with E-state index in [-0.39, 0.29) is 5.91 Å². The summed E-state index contributed by atoms with van der Waals surface area (Å²) in [4.78, 5) is 18.7. The van der Waals surface area contributed by atoms with Gasteiger partial charge in [0.1, 0.15) is 11.4 Å². The molecule has 0 bridgehead atoms. The lowest BCUT2D eigenvalue weighted by Crippen LogP contribution is -2.24. The van der Waals surface area contributed by atoms with Crippen LogP contribution in [0.5, 0.6) is 5.75 Å². The minimum Gasteiger partial charge on any atom is -0.497 e. The van der Waals surface area contributed by atoms with Crippen molar-refractivity contribution in [1.82, 2.24) is 10.3 Å². The van der Waals surface area contributed by atoms with E-state index in [4.69, 9.17) is 4.74 Å². The molecule has 2 aromatic rings. The molecule has 0 atom stereocenters. The molecule has 0 unspecified atom stereocenters. The summed E-state index contributed by atoms with van der Waals surface area (Å²) in [6, 6.07) is 11.4. The van der Waals surface area contributed by atoms with E-state index in [9.17, 15) is 4.79 Å². The zero-order valence-electron chi connectivity index (χ0n) is 13.3. The van der Waals surface area contributed by atoms with Gasteiger partial charge in [0.05, 0.1) is 19.0 Å². The van der Waals surface area contributed by atoms with Crippen LogP contribution < -0.4 is 15.0 Å². The number of nitrogens with zero attached hydrogens (tertiary/aromatic N) is 2. The molecular weight excluding hydrogens is 290 g/mol. The Morgan fingerprint density at radius 3 is 2.52 bits per heavy atom. The number of carbonyl (C=O) groups excluding carboxylic acids is 1. The molecule has 120 valence electrons. The predicted octanol–water partition coefficient (Wildman–Crippen LogP) is 2.62. The zero-order valence-corrected chi connectivity index (χ0v) is 13.3. The van der Waals surface area contributed by atoms with Gasteiger partial charge in [0.15, 0.2) is 0 Å². The molecule has 2 heterocycles. The standard InChI is InChI=1S/C18H21N3O2/c1-23-16-7-4-14(5-8-16)12-20-18(22)17-9-6-15(13-19-17)21-10-2-3-11-21/h4-9,13H,2-3,10-12H2,1H3,(H,20,22). The Labute approximate surface area is 136 Å². The number of rotatable bonds is 5. The summed E-state index contributed by atoms with van der Waals surface area (Å²) < 4.78 is 5.12. The van der Waals surface area contributed by atoms with E-state index in [1.807, 2.05) is 30.3 Å². The minimum absolute atomic E-state index is 0.159. The number of amides is 1. The van der Waals surface area contributed by atoms with Gasteiger partial charge in [0, 0.05) is 19.6 Å². The Kier molecular flexibility index (Phi) is 4.76. The molecular formula is C18H21N3O2. The number of ether oxygens (including phenoxy) is 1. The molecule has 1 N–H and O–H groups in total. The van der Waals surface area contributed by atoms with E-state index in [1.165, 1.54) is 12.8 Å². The van der Waals surface area contributed by atoms with Crippen LogP contribution in [0.25, 0.3) is 0 Å². The lowest BCUT2D eigenvalue weighted by Gasteiger charge is -2.16. The van der Waals surface area contributed by atoms with Crippen LogP contribution in [0.4, 0.5) is 5.69 Å². The van der Waals surface area contributed by atoms with Crippen molar-refractivity contribution in [1.29, 1.82) is 0 Å². The van der Waals surface area contributed by atoms with Crippen molar-refractivity contribution in [3.8, 4) is 5.75 Å². The van der Waals surface area contributed by atoms with E-state index < -0.39 is 0 Å². The second kappa shape index (κ2) is 7.13. The molecule has 1 saturated heterocycles. The highest BCUT2D eigenvalue weighted by atomic mass is 16.5. The van der Waals surface area contributed by atoms with Gasteiger partial charge in [-0.3, -0.25) is 4.79 Å². The van der Waals surface area contributed by atoms with Crippen molar-refractivity contribution in [2.75, 3.05) is 25.1 Å². The van der Waals surface area contributed by atoms with Crippen LogP contribution in [-0.2, 0) is 6.54 Å². The second-order valence-corrected chi connectivity index (χ2v) is 5.63. The molecule has 1 amide bonds. The summed E-state index contributed by atoms with van der Waals surface area (Å²) in [5.74, 6) is 0.646. The maximum atomic E-state index is 12.2. The number of pyridine rings is 1. The lowest BCUT2D eigenvalue weighted by molar-refractivity contribution is 0.0946. The van der Waals surface area contributed by atoms with Crippen LogP contribution >= 0.6 is 0 Å². The third-order valence-corrected chi connectivity index (χ3v) is 4.06. The van der Waals surface area contributed by atoms with Crippen LogP contribution in [-0.4, -0.2) is 31.1 Å². The molecule has 0 radical (unpaired) electrons. The minimum atomic E-state index is -0.159. The average molecular weight is 311 g/mol. The molecule has 1 aliphatic rings. The van der Waals surface area contributed by atoms with Crippen LogP contribution in [0.2, 0.25) is 0 Å². The predicted molar refractivity (Wildman–Crippen MR) is 89.8 cm³/mol. The summed E-state index contributed by atoms with van der Waals surface area (Å²) >= 11 is 0. The molecule has 0 spiro atoms. The first-order valence-corrected chi connectivity index (χ1v) is 7.88.